The Morgan fingerprint density at radius 3 is 1.43 bits per heavy atom. The van der Waals surface area contributed by atoms with Crippen LogP contribution in [-0.4, -0.2) is 20.3 Å². The SMILES string of the molecule is CCOP(=O)(OCC)C(NC(c1ccccc1)(c1ccccc1)c1ccccc1)c1ccc(OC)cc1. The van der Waals surface area contributed by atoms with Gasteiger partial charge in [-0.05, 0) is 48.2 Å². The van der Waals surface area contributed by atoms with E-state index in [0.29, 0.717) is 5.75 Å². The van der Waals surface area contributed by atoms with Gasteiger partial charge in [0.15, 0.2) is 0 Å². The number of methoxy groups -OCH3 is 1. The van der Waals surface area contributed by atoms with Crippen LogP contribution in [0.25, 0.3) is 0 Å². The number of nitrogens with one attached hydrogen (secondary N) is 1. The van der Waals surface area contributed by atoms with Crippen LogP contribution in [0.4, 0.5) is 0 Å². The predicted molar refractivity (Wildman–Crippen MR) is 149 cm³/mol. The standard InChI is InChI=1S/C31H34NO4P/c1-4-35-37(33,36-5-2)30(25-21-23-29(34-3)24-22-25)32-31(26-15-9-6-10-16-26,27-17-11-7-12-18-27)28-19-13-8-14-20-28/h6-24,30,32H,4-5H2,1-3H3. The second-order valence-electron chi connectivity index (χ2n) is 8.54. The zero-order valence-corrected chi connectivity index (χ0v) is 22.4. The molecule has 192 valence electrons. The van der Waals surface area contributed by atoms with Crippen molar-refractivity contribution in [3.8, 4) is 5.75 Å². The topological polar surface area (TPSA) is 56.8 Å². The largest absolute Gasteiger partial charge is 0.497 e. The molecule has 0 aromatic heterocycles. The highest BCUT2D eigenvalue weighted by Gasteiger charge is 2.45. The monoisotopic (exact) mass is 515 g/mol. The summed E-state index contributed by atoms with van der Waals surface area (Å²) in [6.45, 7) is 4.16. The molecule has 0 saturated heterocycles. The lowest BCUT2D eigenvalue weighted by Crippen LogP contribution is -2.46. The van der Waals surface area contributed by atoms with Gasteiger partial charge in [0, 0.05) is 0 Å². The third kappa shape index (κ3) is 5.71. The van der Waals surface area contributed by atoms with Gasteiger partial charge in [0.25, 0.3) is 0 Å². The molecule has 0 aliphatic heterocycles. The molecule has 0 aliphatic rings. The summed E-state index contributed by atoms with van der Waals surface area (Å²) >= 11 is 0. The molecule has 0 radical (unpaired) electrons. The van der Waals surface area contributed by atoms with E-state index in [9.17, 15) is 4.57 Å². The van der Waals surface area contributed by atoms with Gasteiger partial charge in [0.05, 0.1) is 25.9 Å². The Morgan fingerprint density at radius 1 is 0.676 bits per heavy atom. The minimum Gasteiger partial charge on any atom is -0.497 e. The van der Waals surface area contributed by atoms with Crippen LogP contribution in [0.15, 0.2) is 115 Å². The molecule has 37 heavy (non-hydrogen) atoms. The molecule has 1 atom stereocenters. The number of ether oxygens (including phenoxy) is 1. The summed E-state index contributed by atoms with van der Waals surface area (Å²) in [6.07, 6.45) is 0. The summed E-state index contributed by atoms with van der Waals surface area (Å²) in [7, 11) is -2.06. The minimum absolute atomic E-state index is 0.251. The van der Waals surface area contributed by atoms with E-state index in [2.05, 4.69) is 41.7 Å². The summed E-state index contributed by atoms with van der Waals surface area (Å²) in [5.41, 5.74) is 2.93. The van der Waals surface area contributed by atoms with Crippen molar-refractivity contribution in [3.63, 3.8) is 0 Å². The maximum Gasteiger partial charge on any atom is 0.351 e. The Labute approximate surface area is 220 Å². The molecule has 4 aromatic carbocycles. The van der Waals surface area contributed by atoms with Crippen molar-refractivity contribution in [2.75, 3.05) is 20.3 Å². The van der Waals surface area contributed by atoms with Crippen LogP contribution in [-0.2, 0) is 19.2 Å². The fourth-order valence-corrected chi connectivity index (χ4v) is 6.68. The van der Waals surface area contributed by atoms with Crippen molar-refractivity contribution in [3.05, 3.63) is 138 Å². The van der Waals surface area contributed by atoms with Crippen LogP contribution in [0.2, 0.25) is 0 Å². The lowest BCUT2D eigenvalue weighted by Gasteiger charge is -2.41. The quantitative estimate of drug-likeness (QED) is 0.156. The number of hydrogen-bond donors (Lipinski definition) is 1. The van der Waals surface area contributed by atoms with Gasteiger partial charge in [-0.15, -0.1) is 0 Å². The van der Waals surface area contributed by atoms with Crippen molar-refractivity contribution < 1.29 is 18.3 Å². The number of benzene rings is 4. The Hall–Kier alpha value is -3.21. The van der Waals surface area contributed by atoms with Crippen LogP contribution < -0.4 is 10.1 Å². The van der Waals surface area contributed by atoms with Gasteiger partial charge < -0.3 is 13.8 Å². The summed E-state index contributed by atoms with van der Waals surface area (Å²) < 4.78 is 31.8. The van der Waals surface area contributed by atoms with Crippen LogP contribution in [0, 0.1) is 0 Å². The Balaban J connectivity index is 2.01. The van der Waals surface area contributed by atoms with Gasteiger partial charge >= 0.3 is 7.60 Å². The van der Waals surface area contributed by atoms with Crippen molar-refractivity contribution in [1.29, 1.82) is 0 Å². The molecule has 6 heteroatoms. The van der Waals surface area contributed by atoms with Crippen LogP contribution in [0.5, 0.6) is 5.75 Å². The first-order chi connectivity index (χ1) is 18.1. The average molecular weight is 516 g/mol. The normalized spacial score (nSPS) is 12.7. The average Bonchev–Trinajstić information content (AvgIpc) is 2.95. The lowest BCUT2D eigenvalue weighted by molar-refractivity contribution is 0.203. The maximum absolute atomic E-state index is 14.5. The van der Waals surface area contributed by atoms with E-state index in [1.165, 1.54) is 0 Å². The Bertz CT molecular complexity index is 1170. The number of rotatable bonds is 12. The minimum atomic E-state index is -3.68. The van der Waals surface area contributed by atoms with Gasteiger partial charge in [-0.2, -0.15) is 0 Å². The summed E-state index contributed by atoms with van der Waals surface area (Å²) in [6, 6.07) is 38.2. The van der Waals surface area contributed by atoms with E-state index in [1.807, 2.05) is 92.7 Å². The lowest BCUT2D eigenvalue weighted by atomic mass is 9.77. The van der Waals surface area contributed by atoms with Crippen molar-refractivity contribution in [1.82, 2.24) is 5.32 Å². The summed E-state index contributed by atoms with van der Waals surface area (Å²) in [5.74, 6) is -0.0653. The zero-order chi connectivity index (χ0) is 26.1. The molecule has 0 fully saturated rings. The molecule has 0 saturated carbocycles. The molecule has 0 aliphatic carbocycles. The van der Waals surface area contributed by atoms with Crippen LogP contribution in [0.1, 0.15) is 41.9 Å². The van der Waals surface area contributed by atoms with E-state index < -0.39 is 18.9 Å². The van der Waals surface area contributed by atoms with Crippen molar-refractivity contribution >= 4 is 7.60 Å². The van der Waals surface area contributed by atoms with Gasteiger partial charge in [0.2, 0.25) is 0 Å². The molecule has 0 spiro atoms. The molecule has 1 unspecified atom stereocenters. The van der Waals surface area contributed by atoms with E-state index in [-0.39, 0.29) is 13.2 Å². The van der Waals surface area contributed by atoms with E-state index >= 15 is 0 Å². The smallest absolute Gasteiger partial charge is 0.351 e. The first-order valence-corrected chi connectivity index (χ1v) is 14.2. The third-order valence-corrected chi connectivity index (χ3v) is 8.64. The zero-order valence-electron chi connectivity index (χ0n) is 21.5. The fraction of sp³-hybridized carbons (Fsp3) is 0.226. The van der Waals surface area contributed by atoms with E-state index in [1.54, 1.807) is 7.11 Å². The van der Waals surface area contributed by atoms with E-state index in [0.717, 1.165) is 22.3 Å². The second kappa shape index (κ2) is 12.4. The van der Waals surface area contributed by atoms with Crippen molar-refractivity contribution in [2.45, 2.75) is 25.2 Å². The molecule has 4 rings (SSSR count). The van der Waals surface area contributed by atoms with Crippen molar-refractivity contribution in [2.24, 2.45) is 0 Å². The molecule has 0 heterocycles. The van der Waals surface area contributed by atoms with Gasteiger partial charge in [-0.3, -0.25) is 9.88 Å². The Morgan fingerprint density at radius 2 is 1.08 bits per heavy atom. The first kappa shape index (κ1) is 26.8. The molecule has 5 nitrogen and oxygen atoms in total. The first-order valence-electron chi connectivity index (χ1n) is 12.5. The molecule has 0 bridgehead atoms. The van der Waals surface area contributed by atoms with Crippen LogP contribution >= 0.6 is 7.60 Å². The van der Waals surface area contributed by atoms with E-state index in [4.69, 9.17) is 13.8 Å². The van der Waals surface area contributed by atoms with Gasteiger partial charge in [-0.25, -0.2) is 0 Å². The molecule has 1 N–H and O–H groups in total. The highest BCUT2D eigenvalue weighted by Crippen LogP contribution is 2.61. The van der Waals surface area contributed by atoms with Crippen LogP contribution in [0.3, 0.4) is 0 Å². The number of hydrogen-bond acceptors (Lipinski definition) is 5. The molecule has 4 aromatic rings. The summed E-state index contributed by atoms with van der Waals surface area (Å²) in [4.78, 5) is 0. The summed E-state index contributed by atoms with van der Waals surface area (Å²) in [5, 5.41) is 3.83. The van der Waals surface area contributed by atoms with Gasteiger partial charge in [-0.1, -0.05) is 103 Å². The fourth-order valence-electron chi connectivity index (χ4n) is 4.70. The molecular weight excluding hydrogens is 481 g/mol. The highest BCUT2D eigenvalue weighted by molar-refractivity contribution is 7.54. The predicted octanol–water partition coefficient (Wildman–Crippen LogP) is 7.54. The second-order valence-corrected chi connectivity index (χ2v) is 10.7. The molecular formula is C31H34NO4P. The molecule has 0 amide bonds. The third-order valence-electron chi connectivity index (χ3n) is 6.34. The maximum atomic E-state index is 14.5. The van der Waals surface area contributed by atoms with Gasteiger partial charge in [0.1, 0.15) is 11.5 Å². The Kier molecular flexibility index (Phi) is 8.96. The highest BCUT2D eigenvalue weighted by atomic mass is 31.2.